The maximum Gasteiger partial charge on any atom is 0.0218 e. The van der Waals surface area contributed by atoms with Gasteiger partial charge in [0.25, 0.3) is 0 Å². The lowest BCUT2D eigenvalue weighted by Gasteiger charge is -2.39. The summed E-state index contributed by atoms with van der Waals surface area (Å²) in [5.41, 5.74) is 0. The summed E-state index contributed by atoms with van der Waals surface area (Å²) in [5.74, 6) is 0.973. The van der Waals surface area contributed by atoms with Crippen molar-refractivity contribution in [2.45, 2.75) is 45.1 Å². The minimum absolute atomic E-state index is 0.772. The Kier molecular flexibility index (Phi) is 5.93. The molecule has 3 heteroatoms. The molecule has 1 N–H and O–H groups in total. The fourth-order valence-electron chi connectivity index (χ4n) is 3.41. The Morgan fingerprint density at radius 2 is 1.94 bits per heavy atom. The molecule has 1 aliphatic heterocycles. The van der Waals surface area contributed by atoms with E-state index in [-0.39, 0.29) is 0 Å². The molecule has 1 unspecified atom stereocenters. The van der Waals surface area contributed by atoms with Crippen molar-refractivity contribution in [1.29, 1.82) is 0 Å². The van der Waals surface area contributed by atoms with Gasteiger partial charge in [0.15, 0.2) is 0 Å². The van der Waals surface area contributed by atoms with Crippen LogP contribution in [0.15, 0.2) is 0 Å². The minimum atomic E-state index is 0.772. The maximum absolute atomic E-state index is 3.66. The summed E-state index contributed by atoms with van der Waals surface area (Å²) in [5, 5.41) is 3.66. The smallest absolute Gasteiger partial charge is 0.0218 e. The molecule has 0 radical (unpaired) electrons. The second-order valence-electron chi connectivity index (χ2n) is 6.20. The Labute approximate surface area is 113 Å². The molecule has 0 spiro atoms. The monoisotopic (exact) mass is 253 g/mol. The van der Waals surface area contributed by atoms with Crippen molar-refractivity contribution in [1.82, 2.24) is 15.1 Å². The zero-order valence-corrected chi connectivity index (χ0v) is 12.3. The number of piperazine rings is 1. The van der Waals surface area contributed by atoms with Gasteiger partial charge in [-0.2, -0.15) is 0 Å². The van der Waals surface area contributed by atoms with Crippen molar-refractivity contribution >= 4 is 0 Å². The highest BCUT2D eigenvalue weighted by molar-refractivity contribution is 4.79. The standard InChI is InChI=1S/C15H31N3/c1-3-15-13-18(11-10-17(15)2)9-8-16-12-14-6-4-5-7-14/h14-16H,3-13H2,1-2H3. The number of nitrogens with one attached hydrogen (secondary N) is 1. The van der Waals surface area contributed by atoms with Crippen molar-refractivity contribution in [3.05, 3.63) is 0 Å². The molecule has 0 aromatic heterocycles. The molecule has 1 saturated heterocycles. The summed E-state index contributed by atoms with van der Waals surface area (Å²) in [4.78, 5) is 5.15. The molecular formula is C15H31N3. The van der Waals surface area contributed by atoms with Crippen molar-refractivity contribution in [2.75, 3.05) is 46.3 Å². The summed E-state index contributed by atoms with van der Waals surface area (Å²) in [6.45, 7) is 9.72. The second kappa shape index (κ2) is 7.46. The Morgan fingerprint density at radius 1 is 1.17 bits per heavy atom. The molecular weight excluding hydrogens is 222 g/mol. The number of hydrogen-bond donors (Lipinski definition) is 1. The lowest BCUT2D eigenvalue weighted by atomic mass is 10.1. The third-order valence-electron chi connectivity index (χ3n) is 4.85. The fraction of sp³-hybridized carbons (Fsp3) is 1.00. The number of rotatable bonds is 6. The van der Waals surface area contributed by atoms with Gasteiger partial charge < -0.3 is 10.2 Å². The first-order chi connectivity index (χ1) is 8.79. The molecule has 2 fully saturated rings. The number of likely N-dealkylation sites (N-methyl/N-ethyl adjacent to an activating group) is 1. The lowest BCUT2D eigenvalue weighted by Crippen LogP contribution is -2.52. The number of hydrogen-bond acceptors (Lipinski definition) is 3. The second-order valence-corrected chi connectivity index (χ2v) is 6.20. The normalized spacial score (nSPS) is 28.0. The zero-order chi connectivity index (χ0) is 12.8. The van der Waals surface area contributed by atoms with E-state index in [4.69, 9.17) is 0 Å². The minimum Gasteiger partial charge on any atom is -0.315 e. The molecule has 1 saturated carbocycles. The van der Waals surface area contributed by atoms with Crippen molar-refractivity contribution in [3.8, 4) is 0 Å². The van der Waals surface area contributed by atoms with Crippen molar-refractivity contribution in [3.63, 3.8) is 0 Å². The largest absolute Gasteiger partial charge is 0.315 e. The summed E-state index contributed by atoms with van der Waals surface area (Å²) in [6, 6.07) is 0.772. The molecule has 1 aliphatic carbocycles. The van der Waals surface area contributed by atoms with Crippen LogP contribution in [0.2, 0.25) is 0 Å². The van der Waals surface area contributed by atoms with E-state index in [9.17, 15) is 0 Å². The van der Waals surface area contributed by atoms with Crippen LogP contribution >= 0.6 is 0 Å². The molecule has 0 amide bonds. The van der Waals surface area contributed by atoms with E-state index in [0.29, 0.717) is 0 Å². The first kappa shape index (κ1) is 14.3. The van der Waals surface area contributed by atoms with E-state index in [1.807, 2.05) is 0 Å². The average molecular weight is 253 g/mol. The lowest BCUT2D eigenvalue weighted by molar-refractivity contribution is 0.0937. The maximum atomic E-state index is 3.66. The molecule has 0 bridgehead atoms. The van der Waals surface area contributed by atoms with E-state index in [2.05, 4.69) is 29.1 Å². The van der Waals surface area contributed by atoms with Crippen molar-refractivity contribution < 1.29 is 0 Å². The highest BCUT2D eigenvalue weighted by Gasteiger charge is 2.22. The quantitative estimate of drug-likeness (QED) is 0.728. The highest BCUT2D eigenvalue weighted by atomic mass is 15.3. The van der Waals surface area contributed by atoms with Crippen LogP contribution in [0, 0.1) is 5.92 Å². The van der Waals surface area contributed by atoms with Gasteiger partial charge in [0.05, 0.1) is 0 Å². The molecule has 2 rings (SSSR count). The molecule has 1 heterocycles. The SMILES string of the molecule is CCC1CN(CCNCC2CCCC2)CCN1C. The Bertz CT molecular complexity index is 226. The van der Waals surface area contributed by atoms with Crippen LogP contribution in [0.4, 0.5) is 0 Å². The van der Waals surface area contributed by atoms with E-state index >= 15 is 0 Å². The van der Waals surface area contributed by atoms with Crippen LogP contribution in [0.3, 0.4) is 0 Å². The van der Waals surface area contributed by atoms with Gasteiger partial charge in [-0.1, -0.05) is 19.8 Å². The van der Waals surface area contributed by atoms with Gasteiger partial charge in [-0.25, -0.2) is 0 Å². The molecule has 2 aliphatic rings. The van der Waals surface area contributed by atoms with E-state index in [1.165, 1.54) is 71.4 Å². The zero-order valence-electron chi connectivity index (χ0n) is 12.3. The summed E-state index contributed by atoms with van der Waals surface area (Å²) in [6.07, 6.45) is 7.12. The summed E-state index contributed by atoms with van der Waals surface area (Å²) >= 11 is 0. The molecule has 1 atom stereocenters. The van der Waals surface area contributed by atoms with Gasteiger partial charge in [-0.15, -0.1) is 0 Å². The predicted molar refractivity (Wildman–Crippen MR) is 78.0 cm³/mol. The van der Waals surface area contributed by atoms with Gasteiger partial charge >= 0.3 is 0 Å². The van der Waals surface area contributed by atoms with E-state index in [0.717, 1.165) is 12.0 Å². The first-order valence-electron chi connectivity index (χ1n) is 7.93. The van der Waals surface area contributed by atoms with Crippen LogP contribution in [0.5, 0.6) is 0 Å². The predicted octanol–water partition coefficient (Wildman–Crippen LogP) is 1.79. The first-order valence-corrected chi connectivity index (χ1v) is 7.93. The van der Waals surface area contributed by atoms with Crippen LogP contribution in [-0.2, 0) is 0 Å². The molecule has 0 aromatic rings. The summed E-state index contributed by atoms with van der Waals surface area (Å²) < 4.78 is 0. The topological polar surface area (TPSA) is 18.5 Å². The summed E-state index contributed by atoms with van der Waals surface area (Å²) in [7, 11) is 2.27. The van der Waals surface area contributed by atoms with Crippen LogP contribution in [0.1, 0.15) is 39.0 Å². The average Bonchev–Trinajstić information content (AvgIpc) is 2.89. The third kappa shape index (κ3) is 4.22. The van der Waals surface area contributed by atoms with E-state index < -0.39 is 0 Å². The van der Waals surface area contributed by atoms with Gasteiger partial charge in [0.2, 0.25) is 0 Å². The Morgan fingerprint density at radius 3 is 2.67 bits per heavy atom. The molecule has 3 nitrogen and oxygen atoms in total. The Balaban J connectivity index is 1.56. The third-order valence-corrected chi connectivity index (χ3v) is 4.85. The van der Waals surface area contributed by atoms with Gasteiger partial charge in [0.1, 0.15) is 0 Å². The van der Waals surface area contributed by atoms with Gasteiger partial charge in [-0.05, 0) is 38.8 Å². The Hall–Kier alpha value is -0.120. The van der Waals surface area contributed by atoms with Crippen LogP contribution in [-0.4, -0.2) is 62.2 Å². The number of nitrogens with zero attached hydrogens (tertiary/aromatic N) is 2. The van der Waals surface area contributed by atoms with Gasteiger partial charge in [-0.3, -0.25) is 4.90 Å². The van der Waals surface area contributed by atoms with Gasteiger partial charge in [0, 0.05) is 38.8 Å². The van der Waals surface area contributed by atoms with Crippen molar-refractivity contribution in [2.24, 2.45) is 5.92 Å². The fourth-order valence-corrected chi connectivity index (χ4v) is 3.41. The molecule has 106 valence electrons. The van der Waals surface area contributed by atoms with Crippen LogP contribution < -0.4 is 5.32 Å². The van der Waals surface area contributed by atoms with E-state index in [1.54, 1.807) is 0 Å². The highest BCUT2D eigenvalue weighted by Crippen LogP contribution is 2.23. The van der Waals surface area contributed by atoms with Crippen LogP contribution in [0.25, 0.3) is 0 Å². The molecule has 18 heavy (non-hydrogen) atoms. The molecule has 0 aromatic carbocycles.